The summed E-state index contributed by atoms with van der Waals surface area (Å²) in [6.45, 7) is 8.28. The Kier molecular flexibility index (Phi) is 30.9. The highest BCUT2D eigenvalue weighted by Crippen LogP contribution is 2.29. The van der Waals surface area contributed by atoms with Crippen molar-refractivity contribution >= 4 is 0 Å². The zero-order valence-corrected chi connectivity index (χ0v) is 30.6. The van der Waals surface area contributed by atoms with Crippen LogP contribution in [0.15, 0.2) is 42.5 Å². The van der Waals surface area contributed by atoms with Crippen LogP contribution < -0.4 is 9.47 Å². The monoisotopic (exact) mass is 625 g/mol. The van der Waals surface area contributed by atoms with E-state index < -0.39 is 0 Å². The lowest BCUT2D eigenvalue weighted by Gasteiger charge is -2.13. The highest BCUT2D eigenvalue weighted by molar-refractivity contribution is 5.42. The van der Waals surface area contributed by atoms with Gasteiger partial charge in [0.05, 0.1) is 13.2 Å². The molecular formula is C43H76O2. The second-order valence-electron chi connectivity index (χ2n) is 13.5. The summed E-state index contributed by atoms with van der Waals surface area (Å²) < 4.78 is 12.3. The number of benzene rings is 1. The molecule has 0 N–H and O–H groups in total. The van der Waals surface area contributed by atoms with Crippen LogP contribution in [0.1, 0.15) is 199 Å². The Labute approximate surface area is 282 Å². The van der Waals surface area contributed by atoms with Gasteiger partial charge in [0.2, 0.25) is 0 Å². The van der Waals surface area contributed by atoms with Crippen LogP contribution in [0, 0.1) is 6.92 Å². The van der Waals surface area contributed by atoms with Crippen molar-refractivity contribution < 1.29 is 9.47 Å². The summed E-state index contributed by atoms with van der Waals surface area (Å²) in [5.41, 5.74) is 1.23. The molecule has 0 spiro atoms. The van der Waals surface area contributed by atoms with Crippen LogP contribution in [0.2, 0.25) is 0 Å². The number of rotatable bonds is 34. The minimum Gasteiger partial charge on any atom is -0.490 e. The molecule has 0 bridgehead atoms. The zero-order chi connectivity index (χ0) is 32.3. The summed E-state index contributed by atoms with van der Waals surface area (Å²) in [7, 11) is 0. The molecule has 0 radical (unpaired) electrons. The van der Waals surface area contributed by atoms with Crippen molar-refractivity contribution in [3.8, 4) is 11.5 Å². The average molecular weight is 625 g/mol. The minimum atomic E-state index is 0.787. The van der Waals surface area contributed by atoms with E-state index in [1.165, 1.54) is 173 Å². The van der Waals surface area contributed by atoms with Crippen molar-refractivity contribution in [2.24, 2.45) is 0 Å². The van der Waals surface area contributed by atoms with Crippen LogP contribution in [0.5, 0.6) is 11.5 Å². The van der Waals surface area contributed by atoms with Crippen molar-refractivity contribution in [3.05, 3.63) is 48.1 Å². The zero-order valence-electron chi connectivity index (χ0n) is 30.6. The SMILES string of the molecule is CCCCCCCCC=CCCCCCCCCOc1ccc(C)cc1OCCCCCCCCC=CCCCCCCCC. The van der Waals surface area contributed by atoms with E-state index >= 15 is 0 Å². The van der Waals surface area contributed by atoms with Crippen LogP contribution in [0.3, 0.4) is 0 Å². The highest BCUT2D eigenvalue weighted by atomic mass is 16.5. The molecule has 1 aromatic rings. The van der Waals surface area contributed by atoms with Crippen molar-refractivity contribution in [2.45, 2.75) is 201 Å². The molecule has 0 amide bonds. The topological polar surface area (TPSA) is 18.5 Å². The number of unbranched alkanes of at least 4 members (excludes halogenated alkanes) is 24. The Morgan fingerprint density at radius 3 is 1.13 bits per heavy atom. The lowest BCUT2D eigenvalue weighted by molar-refractivity contribution is 0.258. The maximum absolute atomic E-state index is 6.18. The second-order valence-corrected chi connectivity index (χ2v) is 13.5. The summed E-state index contributed by atoms with van der Waals surface area (Å²) in [5.74, 6) is 1.84. The third kappa shape index (κ3) is 28.3. The van der Waals surface area contributed by atoms with E-state index in [1.807, 2.05) is 0 Å². The molecule has 2 nitrogen and oxygen atoms in total. The van der Waals surface area contributed by atoms with E-state index in [9.17, 15) is 0 Å². The first-order valence-corrected chi connectivity index (χ1v) is 19.9. The van der Waals surface area contributed by atoms with Gasteiger partial charge in [-0.25, -0.2) is 0 Å². The van der Waals surface area contributed by atoms with Gasteiger partial charge in [0.25, 0.3) is 0 Å². The number of hydrogen-bond donors (Lipinski definition) is 0. The van der Waals surface area contributed by atoms with E-state index in [4.69, 9.17) is 9.47 Å². The fraction of sp³-hybridized carbons (Fsp3) is 0.767. The lowest BCUT2D eigenvalue weighted by atomic mass is 10.1. The van der Waals surface area contributed by atoms with Gasteiger partial charge >= 0.3 is 0 Å². The van der Waals surface area contributed by atoms with Crippen LogP contribution >= 0.6 is 0 Å². The molecule has 0 atom stereocenters. The summed E-state index contributed by atoms with van der Waals surface area (Å²) >= 11 is 0. The minimum absolute atomic E-state index is 0.787. The fourth-order valence-electron chi connectivity index (χ4n) is 5.91. The van der Waals surface area contributed by atoms with Gasteiger partial charge in [0.15, 0.2) is 11.5 Å². The van der Waals surface area contributed by atoms with Gasteiger partial charge in [-0.3, -0.25) is 0 Å². The van der Waals surface area contributed by atoms with Crippen LogP contribution in [-0.2, 0) is 0 Å². The highest BCUT2D eigenvalue weighted by Gasteiger charge is 2.06. The molecule has 0 fully saturated rings. The van der Waals surface area contributed by atoms with Crippen molar-refractivity contribution in [1.29, 1.82) is 0 Å². The van der Waals surface area contributed by atoms with Crippen LogP contribution in [-0.4, -0.2) is 13.2 Å². The summed E-state index contributed by atoms with van der Waals surface area (Å²) in [6.07, 6.45) is 47.0. The Hall–Kier alpha value is -1.70. The summed E-state index contributed by atoms with van der Waals surface area (Å²) in [5, 5.41) is 0. The second kappa shape index (κ2) is 33.7. The predicted octanol–water partition coefficient (Wildman–Crippen LogP) is 14.8. The van der Waals surface area contributed by atoms with E-state index in [-0.39, 0.29) is 0 Å². The van der Waals surface area contributed by atoms with Crippen molar-refractivity contribution in [2.75, 3.05) is 13.2 Å². The average Bonchev–Trinajstić information content (AvgIpc) is 3.04. The first-order valence-electron chi connectivity index (χ1n) is 19.9. The molecule has 1 rings (SSSR count). The molecule has 0 heterocycles. The number of allylic oxidation sites excluding steroid dienone is 4. The quantitative estimate of drug-likeness (QED) is 0.0561. The Balaban J connectivity index is 1.97. The largest absolute Gasteiger partial charge is 0.490 e. The Morgan fingerprint density at radius 2 is 0.733 bits per heavy atom. The maximum Gasteiger partial charge on any atom is 0.161 e. The molecule has 45 heavy (non-hydrogen) atoms. The summed E-state index contributed by atoms with van der Waals surface area (Å²) in [4.78, 5) is 0. The van der Waals surface area contributed by atoms with Gasteiger partial charge in [-0.1, -0.05) is 160 Å². The molecule has 0 aromatic heterocycles. The molecule has 0 aliphatic rings. The molecule has 0 aliphatic heterocycles. The van der Waals surface area contributed by atoms with Gasteiger partial charge < -0.3 is 9.47 Å². The van der Waals surface area contributed by atoms with Gasteiger partial charge in [-0.2, -0.15) is 0 Å². The molecule has 0 unspecified atom stereocenters. The van der Waals surface area contributed by atoms with Gasteiger partial charge in [-0.05, 0) is 88.8 Å². The molecule has 1 aromatic carbocycles. The summed E-state index contributed by atoms with van der Waals surface area (Å²) in [6, 6.07) is 6.36. The van der Waals surface area contributed by atoms with E-state index in [0.29, 0.717) is 0 Å². The third-order valence-electron chi connectivity index (χ3n) is 8.93. The van der Waals surface area contributed by atoms with Gasteiger partial charge in [0, 0.05) is 0 Å². The predicted molar refractivity (Wildman–Crippen MR) is 201 cm³/mol. The van der Waals surface area contributed by atoms with E-state index in [1.54, 1.807) is 0 Å². The molecule has 0 saturated carbocycles. The normalized spacial score (nSPS) is 11.7. The number of ether oxygens (including phenoxy) is 2. The maximum atomic E-state index is 6.18. The number of aryl methyl sites for hydroxylation is 1. The molecule has 260 valence electrons. The molecule has 0 aliphatic carbocycles. The van der Waals surface area contributed by atoms with Gasteiger partial charge in [-0.15, -0.1) is 0 Å². The van der Waals surface area contributed by atoms with Crippen LogP contribution in [0.4, 0.5) is 0 Å². The Bertz CT molecular complexity index is 795. The first-order chi connectivity index (χ1) is 22.3. The van der Waals surface area contributed by atoms with Crippen molar-refractivity contribution in [1.82, 2.24) is 0 Å². The van der Waals surface area contributed by atoms with Crippen molar-refractivity contribution in [3.63, 3.8) is 0 Å². The molecular weight excluding hydrogens is 548 g/mol. The standard InChI is InChI=1S/C43H76O2/c1-4-6-8-10-12-14-16-18-20-22-24-26-28-30-32-34-38-44-42-37-36-41(3)40-43(42)45-39-35-33-31-29-27-25-23-21-19-17-15-13-11-9-7-5-2/h18-21,36-37,40H,4-17,22-35,38-39H2,1-3H3. The molecule has 0 saturated heterocycles. The Morgan fingerprint density at radius 1 is 0.400 bits per heavy atom. The smallest absolute Gasteiger partial charge is 0.161 e. The van der Waals surface area contributed by atoms with Gasteiger partial charge in [0.1, 0.15) is 0 Å². The van der Waals surface area contributed by atoms with E-state index in [2.05, 4.69) is 63.3 Å². The molecule has 2 heteroatoms. The number of hydrogen-bond acceptors (Lipinski definition) is 2. The first kappa shape index (κ1) is 41.3. The third-order valence-corrected chi connectivity index (χ3v) is 8.93. The van der Waals surface area contributed by atoms with Crippen LogP contribution in [0.25, 0.3) is 0 Å². The fourth-order valence-corrected chi connectivity index (χ4v) is 5.91. The van der Waals surface area contributed by atoms with E-state index in [0.717, 1.165) is 37.6 Å². The lowest BCUT2D eigenvalue weighted by Crippen LogP contribution is -2.03.